The summed E-state index contributed by atoms with van der Waals surface area (Å²) in [5.41, 5.74) is 9.41. The van der Waals surface area contributed by atoms with Gasteiger partial charge in [-0.15, -0.1) is 0 Å². The Morgan fingerprint density at radius 3 is 2.34 bits per heavy atom. The average molecular weight is 720 g/mol. The number of hydrogen-bond donors (Lipinski definition) is 3. The molecule has 8 rings (SSSR count). The number of anilines is 4. The van der Waals surface area contributed by atoms with Gasteiger partial charge in [0.1, 0.15) is 11.9 Å². The van der Waals surface area contributed by atoms with Gasteiger partial charge < -0.3 is 25.8 Å². The van der Waals surface area contributed by atoms with Crippen molar-refractivity contribution in [3.63, 3.8) is 0 Å². The van der Waals surface area contributed by atoms with Gasteiger partial charge in [-0.25, -0.2) is 9.97 Å². The number of aromatic nitrogens is 2. The molecule has 3 aromatic rings. The van der Waals surface area contributed by atoms with Crippen molar-refractivity contribution in [3.8, 4) is 0 Å². The summed E-state index contributed by atoms with van der Waals surface area (Å²) in [7, 11) is 0. The van der Waals surface area contributed by atoms with Gasteiger partial charge in [-0.05, 0) is 106 Å². The second-order valence-electron chi connectivity index (χ2n) is 14.9. The normalized spacial score (nSPS) is 22.7. The number of rotatable bonds is 9. The maximum atomic E-state index is 13.3. The number of amides is 5. The first-order valence-electron chi connectivity index (χ1n) is 18.8. The van der Waals surface area contributed by atoms with Crippen LogP contribution in [0.25, 0.3) is 0 Å². The smallest absolute Gasteiger partial charge is 0.271 e. The monoisotopic (exact) mass is 719 g/mol. The van der Waals surface area contributed by atoms with Gasteiger partial charge in [-0.2, -0.15) is 0 Å². The Kier molecular flexibility index (Phi) is 9.54. The topological polar surface area (TPSA) is 174 Å². The molecule has 5 aliphatic heterocycles. The quantitative estimate of drug-likeness (QED) is 0.277. The Labute approximate surface area is 308 Å². The minimum Gasteiger partial charge on any atom is -0.371 e. The van der Waals surface area contributed by atoms with Crippen molar-refractivity contribution in [1.29, 1.82) is 0 Å². The van der Waals surface area contributed by atoms with Crippen LogP contribution in [0.1, 0.15) is 94.1 Å². The largest absolute Gasteiger partial charge is 0.371 e. The molecule has 0 radical (unpaired) electrons. The fourth-order valence-corrected chi connectivity index (χ4v) is 8.58. The van der Waals surface area contributed by atoms with Crippen molar-refractivity contribution in [3.05, 3.63) is 71.0 Å². The van der Waals surface area contributed by atoms with Gasteiger partial charge >= 0.3 is 0 Å². The van der Waals surface area contributed by atoms with E-state index in [2.05, 4.69) is 42.5 Å². The molecule has 14 heteroatoms. The molecule has 2 aromatic carbocycles. The van der Waals surface area contributed by atoms with Crippen LogP contribution >= 0.6 is 0 Å². The van der Waals surface area contributed by atoms with Gasteiger partial charge in [-0.3, -0.25) is 34.2 Å². The predicted octanol–water partition coefficient (Wildman–Crippen LogP) is 3.42. The molecule has 53 heavy (non-hydrogen) atoms. The molecule has 276 valence electrons. The molecule has 0 aliphatic carbocycles. The Morgan fingerprint density at radius 1 is 0.849 bits per heavy atom. The van der Waals surface area contributed by atoms with Crippen molar-refractivity contribution in [2.45, 2.75) is 63.3 Å². The number of nitrogens with one attached hydrogen (secondary N) is 2. The molecule has 4 N–H and O–H groups in total. The second-order valence-corrected chi connectivity index (χ2v) is 14.9. The van der Waals surface area contributed by atoms with Crippen LogP contribution in [0.4, 0.5) is 23.0 Å². The fourth-order valence-electron chi connectivity index (χ4n) is 8.58. The summed E-state index contributed by atoms with van der Waals surface area (Å²) in [6.07, 6.45) is 8.51. The Morgan fingerprint density at radius 2 is 1.60 bits per heavy atom. The summed E-state index contributed by atoms with van der Waals surface area (Å²) in [5.74, 6) is -0.474. The number of likely N-dealkylation sites (tertiary alicyclic amines) is 1. The standard InChI is InChI=1S/C39H45N9O5/c40-35(50)34-36(43-32(21-41-34)46-15-2-1-3-16-46)42-27-6-4-25(5-7-27)26-13-17-45(18-14-26)22-24-12-19-47(23-24)28-8-9-29-30(20-28)39(53)48(38(29)52)31-10-11-33(49)44-37(31)51/h4-9,20-21,24,26,31H,1-3,10-19,22-23H2,(H2,40,50)(H,42,43)(H,44,49,51)/t24-,31?/m1/s1. The first-order chi connectivity index (χ1) is 25.7. The van der Waals surface area contributed by atoms with Crippen LogP contribution in [0.2, 0.25) is 0 Å². The number of nitrogens with two attached hydrogens (primary N) is 1. The van der Waals surface area contributed by atoms with Gasteiger partial charge in [0.05, 0.1) is 17.3 Å². The molecule has 0 spiro atoms. The highest BCUT2D eigenvalue weighted by Crippen LogP contribution is 2.34. The number of primary amides is 1. The lowest BCUT2D eigenvalue weighted by atomic mass is 9.89. The minimum atomic E-state index is -0.967. The first-order valence-corrected chi connectivity index (χ1v) is 18.8. The van der Waals surface area contributed by atoms with Crippen molar-refractivity contribution < 1.29 is 24.0 Å². The molecule has 4 fully saturated rings. The second kappa shape index (κ2) is 14.6. The molecule has 2 atom stereocenters. The van der Waals surface area contributed by atoms with Gasteiger partial charge in [0.25, 0.3) is 17.7 Å². The van der Waals surface area contributed by atoms with E-state index in [1.807, 2.05) is 18.2 Å². The molecule has 0 saturated carbocycles. The lowest BCUT2D eigenvalue weighted by molar-refractivity contribution is -0.136. The molecule has 5 aliphatic rings. The van der Waals surface area contributed by atoms with E-state index in [1.54, 1.807) is 18.3 Å². The van der Waals surface area contributed by atoms with Crippen LogP contribution in [0.5, 0.6) is 0 Å². The zero-order valence-electron chi connectivity index (χ0n) is 29.8. The molecular formula is C39H45N9O5. The van der Waals surface area contributed by atoms with Crippen LogP contribution in [-0.4, -0.2) is 101 Å². The molecule has 0 bridgehead atoms. The highest BCUT2D eigenvalue weighted by Gasteiger charge is 2.45. The van der Waals surface area contributed by atoms with Crippen LogP contribution in [0, 0.1) is 5.92 Å². The summed E-state index contributed by atoms with van der Waals surface area (Å²) in [4.78, 5) is 79.8. The summed E-state index contributed by atoms with van der Waals surface area (Å²) >= 11 is 0. The average Bonchev–Trinajstić information content (AvgIpc) is 3.74. The van der Waals surface area contributed by atoms with E-state index in [9.17, 15) is 24.0 Å². The van der Waals surface area contributed by atoms with Gasteiger partial charge in [-0.1, -0.05) is 12.1 Å². The summed E-state index contributed by atoms with van der Waals surface area (Å²) in [6, 6.07) is 12.8. The number of hydrogen-bond acceptors (Lipinski definition) is 11. The molecule has 1 unspecified atom stereocenters. The third kappa shape index (κ3) is 7.07. The van der Waals surface area contributed by atoms with Crippen LogP contribution in [0.15, 0.2) is 48.7 Å². The van der Waals surface area contributed by atoms with E-state index in [0.717, 1.165) is 100 Å². The molecule has 4 saturated heterocycles. The summed E-state index contributed by atoms with van der Waals surface area (Å²) < 4.78 is 0. The van der Waals surface area contributed by atoms with Gasteiger partial charge in [0, 0.05) is 50.5 Å². The number of fused-ring (bicyclic) bond motifs is 1. The minimum absolute atomic E-state index is 0.0967. The number of benzene rings is 2. The lowest BCUT2D eigenvalue weighted by Gasteiger charge is -2.34. The molecule has 1 aromatic heterocycles. The van der Waals surface area contributed by atoms with E-state index >= 15 is 0 Å². The fraction of sp³-hybridized carbons (Fsp3) is 0.462. The predicted molar refractivity (Wildman–Crippen MR) is 198 cm³/mol. The number of nitrogens with zero attached hydrogens (tertiary/aromatic N) is 6. The lowest BCUT2D eigenvalue weighted by Crippen LogP contribution is -2.54. The SMILES string of the molecule is NC(=O)c1ncc(N2CCCCC2)nc1Nc1ccc(C2CCN(C[C@H]3CCN(c4ccc5c(c4)C(=O)N(C4CCC(=O)NC4=O)C5=O)C3)CC2)cc1. The van der Waals surface area contributed by atoms with E-state index < -0.39 is 29.7 Å². The zero-order valence-corrected chi connectivity index (χ0v) is 29.8. The highest BCUT2D eigenvalue weighted by atomic mass is 16.2. The Balaban J connectivity index is 0.835. The van der Waals surface area contributed by atoms with Crippen LogP contribution in [-0.2, 0) is 9.59 Å². The van der Waals surface area contributed by atoms with Crippen molar-refractivity contribution >= 4 is 52.5 Å². The highest BCUT2D eigenvalue weighted by molar-refractivity contribution is 6.23. The third-order valence-electron chi connectivity index (χ3n) is 11.5. The number of carbonyl (C=O) groups is 5. The third-order valence-corrected chi connectivity index (χ3v) is 11.5. The summed E-state index contributed by atoms with van der Waals surface area (Å²) in [6.45, 7) is 6.65. The van der Waals surface area contributed by atoms with Crippen molar-refractivity contribution in [2.75, 3.05) is 60.9 Å². The molecule has 14 nitrogen and oxygen atoms in total. The van der Waals surface area contributed by atoms with E-state index in [1.165, 1.54) is 12.0 Å². The number of imide groups is 2. The van der Waals surface area contributed by atoms with Crippen LogP contribution < -0.4 is 26.2 Å². The van der Waals surface area contributed by atoms with Crippen molar-refractivity contribution in [1.82, 2.24) is 25.1 Å². The Hall–Kier alpha value is -5.37. The van der Waals surface area contributed by atoms with E-state index in [4.69, 9.17) is 10.7 Å². The number of piperidine rings is 3. The summed E-state index contributed by atoms with van der Waals surface area (Å²) in [5, 5.41) is 5.54. The Bertz CT molecular complexity index is 1940. The maximum absolute atomic E-state index is 13.3. The van der Waals surface area contributed by atoms with Crippen LogP contribution in [0.3, 0.4) is 0 Å². The zero-order chi connectivity index (χ0) is 36.6. The van der Waals surface area contributed by atoms with Gasteiger partial charge in [0.15, 0.2) is 11.5 Å². The molecule has 6 heterocycles. The van der Waals surface area contributed by atoms with E-state index in [0.29, 0.717) is 28.8 Å². The number of carbonyl (C=O) groups excluding carboxylic acids is 5. The molecular weight excluding hydrogens is 674 g/mol. The van der Waals surface area contributed by atoms with E-state index in [-0.39, 0.29) is 24.4 Å². The maximum Gasteiger partial charge on any atom is 0.271 e. The van der Waals surface area contributed by atoms with Gasteiger partial charge in [0.2, 0.25) is 11.8 Å². The van der Waals surface area contributed by atoms with Crippen molar-refractivity contribution in [2.24, 2.45) is 11.7 Å². The first kappa shape index (κ1) is 34.7. The molecule has 5 amide bonds.